The van der Waals surface area contributed by atoms with Gasteiger partial charge in [-0.25, -0.2) is 4.79 Å². The number of ether oxygens (including phenoxy) is 1. The van der Waals surface area contributed by atoms with Crippen LogP contribution in [0.25, 0.3) is 0 Å². The van der Waals surface area contributed by atoms with E-state index in [4.69, 9.17) is 0 Å². The average molecular weight is 274 g/mol. The van der Waals surface area contributed by atoms with Crippen LogP contribution in [0.5, 0.6) is 0 Å². The largest absolute Gasteiger partial charge is 0.469 e. The van der Waals surface area contributed by atoms with E-state index in [1.807, 2.05) is 25.6 Å². The van der Waals surface area contributed by atoms with Crippen molar-refractivity contribution in [2.45, 2.75) is 50.4 Å². The summed E-state index contributed by atoms with van der Waals surface area (Å²) in [6, 6.07) is 0.434. The lowest BCUT2D eigenvalue weighted by Crippen LogP contribution is -2.36. The van der Waals surface area contributed by atoms with Gasteiger partial charge in [0.05, 0.1) is 19.2 Å². The predicted molar refractivity (Wildman–Crippen MR) is 72.7 cm³/mol. The van der Waals surface area contributed by atoms with Crippen molar-refractivity contribution in [2.75, 3.05) is 12.9 Å². The van der Waals surface area contributed by atoms with Gasteiger partial charge in [-0.3, -0.25) is 4.79 Å². The molecule has 2 amide bonds. The highest BCUT2D eigenvalue weighted by Gasteiger charge is 2.42. The molecule has 2 aliphatic heterocycles. The first-order chi connectivity index (χ1) is 8.70. The van der Waals surface area contributed by atoms with Gasteiger partial charge >= 0.3 is 12.0 Å². The molecule has 104 valence electrons. The van der Waals surface area contributed by atoms with Crippen molar-refractivity contribution in [2.24, 2.45) is 0 Å². The maximum absolute atomic E-state index is 11.1. The van der Waals surface area contributed by atoms with E-state index in [1.165, 1.54) is 7.11 Å². The number of methoxy groups -OCH3 is 1. The quantitative estimate of drug-likeness (QED) is 0.602. The second kappa shape index (κ2) is 7.51. The summed E-state index contributed by atoms with van der Waals surface area (Å²) >= 11 is 1.87. The van der Waals surface area contributed by atoms with Gasteiger partial charge in [-0.15, -0.1) is 0 Å². The van der Waals surface area contributed by atoms with Gasteiger partial charge in [-0.05, 0) is 12.8 Å². The van der Waals surface area contributed by atoms with Gasteiger partial charge in [0.15, 0.2) is 0 Å². The van der Waals surface area contributed by atoms with Gasteiger partial charge in [-0.1, -0.05) is 13.8 Å². The highest BCUT2D eigenvalue weighted by molar-refractivity contribution is 8.00. The standard InChI is InChI=1S/C10H16N2O3S.C2H6/c1-15-8(13)4-2-3-7-9-6(5-16-7)11-10(14)12-9;1-2/h6-7,9H,2-5H2,1H3,(H2,11,12,14);1-2H3. The molecule has 0 aliphatic carbocycles. The van der Waals surface area contributed by atoms with Crippen molar-refractivity contribution in [3.05, 3.63) is 0 Å². The van der Waals surface area contributed by atoms with E-state index in [0.717, 1.165) is 18.6 Å². The van der Waals surface area contributed by atoms with Gasteiger partial charge < -0.3 is 15.4 Å². The summed E-state index contributed by atoms with van der Waals surface area (Å²) in [4.78, 5) is 22.1. The van der Waals surface area contributed by atoms with E-state index in [2.05, 4.69) is 15.4 Å². The summed E-state index contributed by atoms with van der Waals surface area (Å²) in [6.07, 6.45) is 2.23. The van der Waals surface area contributed by atoms with Crippen LogP contribution in [0.15, 0.2) is 0 Å². The van der Waals surface area contributed by atoms with Gasteiger partial charge in [0, 0.05) is 17.4 Å². The molecule has 0 aromatic carbocycles. The van der Waals surface area contributed by atoms with Crippen LogP contribution >= 0.6 is 11.8 Å². The third kappa shape index (κ3) is 3.80. The second-order valence-electron chi connectivity index (χ2n) is 4.09. The minimum atomic E-state index is -0.159. The van der Waals surface area contributed by atoms with Crippen LogP contribution in [0.4, 0.5) is 4.79 Å². The number of nitrogens with one attached hydrogen (secondary N) is 2. The Labute approximate surface area is 112 Å². The minimum absolute atomic E-state index is 0.0618. The number of urea groups is 1. The zero-order chi connectivity index (χ0) is 13.5. The number of esters is 1. The molecule has 3 unspecified atom stereocenters. The third-order valence-electron chi connectivity index (χ3n) is 3.04. The van der Waals surface area contributed by atoms with Crippen molar-refractivity contribution in [3.8, 4) is 0 Å². The highest BCUT2D eigenvalue weighted by Crippen LogP contribution is 2.32. The van der Waals surface area contributed by atoms with Crippen molar-refractivity contribution in [1.82, 2.24) is 10.6 Å². The number of hydrogen-bond acceptors (Lipinski definition) is 4. The summed E-state index contributed by atoms with van der Waals surface area (Å²) in [6.45, 7) is 4.00. The van der Waals surface area contributed by atoms with Crippen LogP contribution in [0, 0.1) is 0 Å². The molecule has 5 nitrogen and oxygen atoms in total. The average Bonchev–Trinajstić information content (AvgIpc) is 2.92. The molecule has 2 N–H and O–H groups in total. The van der Waals surface area contributed by atoms with Gasteiger partial charge in [0.1, 0.15) is 0 Å². The van der Waals surface area contributed by atoms with E-state index in [9.17, 15) is 9.59 Å². The molecule has 2 fully saturated rings. The number of carbonyl (C=O) groups excluding carboxylic acids is 2. The fraction of sp³-hybridized carbons (Fsp3) is 0.833. The van der Waals surface area contributed by atoms with E-state index < -0.39 is 0 Å². The van der Waals surface area contributed by atoms with E-state index >= 15 is 0 Å². The number of thioether (sulfide) groups is 1. The normalized spacial score (nSPS) is 28.6. The third-order valence-corrected chi connectivity index (χ3v) is 4.54. The number of fused-ring (bicyclic) bond motifs is 1. The molecule has 2 rings (SSSR count). The van der Waals surface area contributed by atoms with E-state index in [-0.39, 0.29) is 24.1 Å². The Balaban J connectivity index is 0.000000771. The minimum Gasteiger partial charge on any atom is -0.469 e. The smallest absolute Gasteiger partial charge is 0.315 e. The Bertz CT molecular complexity index is 299. The molecular weight excluding hydrogens is 252 g/mol. The van der Waals surface area contributed by atoms with Crippen molar-refractivity contribution in [3.63, 3.8) is 0 Å². The summed E-state index contributed by atoms with van der Waals surface area (Å²) in [5.74, 6) is 0.805. The van der Waals surface area contributed by atoms with Crippen LogP contribution in [0.2, 0.25) is 0 Å². The Morgan fingerprint density at radius 1 is 1.44 bits per heavy atom. The summed E-state index contributed by atoms with van der Waals surface area (Å²) < 4.78 is 4.59. The Hall–Kier alpha value is -0.910. The van der Waals surface area contributed by atoms with Crippen LogP contribution < -0.4 is 10.6 Å². The lowest BCUT2D eigenvalue weighted by atomic mass is 10.0. The highest BCUT2D eigenvalue weighted by atomic mass is 32.2. The zero-order valence-corrected chi connectivity index (χ0v) is 12.0. The molecule has 0 spiro atoms. The number of amides is 2. The molecule has 2 aliphatic rings. The molecule has 18 heavy (non-hydrogen) atoms. The maximum atomic E-state index is 11.1. The van der Waals surface area contributed by atoms with E-state index in [0.29, 0.717) is 11.7 Å². The van der Waals surface area contributed by atoms with Crippen LogP contribution in [0.1, 0.15) is 33.1 Å². The lowest BCUT2D eigenvalue weighted by molar-refractivity contribution is -0.140. The molecule has 2 heterocycles. The predicted octanol–water partition coefficient (Wildman–Crippen LogP) is 1.52. The molecule has 2 saturated heterocycles. The van der Waals surface area contributed by atoms with Gasteiger partial charge in [0.25, 0.3) is 0 Å². The molecule has 6 heteroatoms. The van der Waals surface area contributed by atoms with Crippen LogP contribution in [-0.2, 0) is 9.53 Å². The lowest BCUT2D eigenvalue weighted by Gasteiger charge is -2.15. The van der Waals surface area contributed by atoms with E-state index in [1.54, 1.807) is 0 Å². The first-order valence-electron chi connectivity index (χ1n) is 6.46. The fourth-order valence-electron chi connectivity index (χ4n) is 2.19. The Morgan fingerprint density at radius 2 is 2.17 bits per heavy atom. The summed E-state index contributed by atoms with van der Waals surface area (Å²) in [5, 5.41) is 6.25. The number of rotatable bonds is 4. The van der Waals surface area contributed by atoms with Crippen molar-refractivity contribution >= 4 is 23.8 Å². The molecular formula is C12H22N2O3S. The summed E-state index contributed by atoms with van der Waals surface area (Å²) in [7, 11) is 1.41. The SMILES string of the molecule is CC.COC(=O)CCCC1SCC2NC(=O)NC21. The molecule has 0 aromatic heterocycles. The molecule has 0 saturated carbocycles. The summed E-state index contributed by atoms with van der Waals surface area (Å²) in [5.41, 5.74) is 0. The first kappa shape index (κ1) is 15.1. The zero-order valence-electron chi connectivity index (χ0n) is 11.2. The van der Waals surface area contributed by atoms with Crippen LogP contribution in [-0.4, -0.2) is 42.2 Å². The Kier molecular flexibility index (Phi) is 6.32. The second-order valence-corrected chi connectivity index (χ2v) is 5.36. The van der Waals surface area contributed by atoms with Gasteiger partial charge in [0.2, 0.25) is 0 Å². The number of hydrogen-bond donors (Lipinski definition) is 2. The van der Waals surface area contributed by atoms with Gasteiger partial charge in [-0.2, -0.15) is 11.8 Å². The Morgan fingerprint density at radius 3 is 2.83 bits per heavy atom. The maximum Gasteiger partial charge on any atom is 0.315 e. The molecule has 0 bridgehead atoms. The fourth-order valence-corrected chi connectivity index (χ4v) is 3.74. The monoisotopic (exact) mass is 274 g/mol. The molecule has 0 aromatic rings. The van der Waals surface area contributed by atoms with Crippen molar-refractivity contribution < 1.29 is 14.3 Å². The molecule has 3 atom stereocenters. The van der Waals surface area contributed by atoms with Crippen LogP contribution in [0.3, 0.4) is 0 Å². The molecule has 0 radical (unpaired) electrons. The van der Waals surface area contributed by atoms with Crippen molar-refractivity contribution in [1.29, 1.82) is 0 Å². The topological polar surface area (TPSA) is 67.4 Å². The number of carbonyl (C=O) groups is 2. The first-order valence-corrected chi connectivity index (χ1v) is 7.51.